The Kier molecular flexibility index (Phi) is 3.34. The summed E-state index contributed by atoms with van der Waals surface area (Å²) in [5.41, 5.74) is 3.93. The fourth-order valence-corrected chi connectivity index (χ4v) is 2.60. The van der Waals surface area contributed by atoms with Gasteiger partial charge in [-0.15, -0.1) is 0 Å². The molecule has 0 atom stereocenters. The number of halogens is 1. The van der Waals surface area contributed by atoms with Gasteiger partial charge in [-0.2, -0.15) is 0 Å². The van der Waals surface area contributed by atoms with Gasteiger partial charge in [0.05, 0.1) is 12.1 Å². The minimum atomic E-state index is -0.268. The SMILES string of the molecule is Cc1ccc2c(c1)c(C)cc(=O)n2Cc1ccc(F)cc1. The van der Waals surface area contributed by atoms with Gasteiger partial charge in [-0.25, -0.2) is 4.39 Å². The van der Waals surface area contributed by atoms with E-state index >= 15 is 0 Å². The van der Waals surface area contributed by atoms with Crippen LogP contribution in [-0.4, -0.2) is 4.57 Å². The van der Waals surface area contributed by atoms with E-state index in [1.54, 1.807) is 22.8 Å². The van der Waals surface area contributed by atoms with E-state index in [0.717, 1.165) is 27.6 Å². The van der Waals surface area contributed by atoms with E-state index < -0.39 is 0 Å². The molecule has 0 spiro atoms. The van der Waals surface area contributed by atoms with Crippen LogP contribution in [0.25, 0.3) is 10.9 Å². The average Bonchev–Trinajstić information content (AvgIpc) is 2.46. The number of nitrogens with zero attached hydrogens (tertiary/aromatic N) is 1. The summed E-state index contributed by atoms with van der Waals surface area (Å²) in [6.07, 6.45) is 0. The zero-order valence-corrected chi connectivity index (χ0v) is 12.1. The lowest BCUT2D eigenvalue weighted by Crippen LogP contribution is -2.21. The van der Waals surface area contributed by atoms with E-state index in [1.165, 1.54) is 12.1 Å². The number of aromatic nitrogens is 1. The van der Waals surface area contributed by atoms with Crippen molar-refractivity contribution in [1.82, 2.24) is 4.57 Å². The lowest BCUT2D eigenvalue weighted by Gasteiger charge is -2.12. The van der Waals surface area contributed by atoms with Crippen molar-refractivity contribution < 1.29 is 4.39 Å². The Labute approximate surface area is 122 Å². The molecule has 3 aromatic rings. The maximum Gasteiger partial charge on any atom is 0.251 e. The second-order valence-corrected chi connectivity index (χ2v) is 5.40. The first-order chi connectivity index (χ1) is 10.0. The summed E-state index contributed by atoms with van der Waals surface area (Å²) in [7, 11) is 0. The Morgan fingerprint density at radius 3 is 2.43 bits per heavy atom. The van der Waals surface area contributed by atoms with Crippen molar-refractivity contribution in [1.29, 1.82) is 0 Å². The third-order valence-corrected chi connectivity index (χ3v) is 3.73. The van der Waals surface area contributed by atoms with Crippen molar-refractivity contribution in [2.75, 3.05) is 0 Å². The van der Waals surface area contributed by atoms with Crippen LogP contribution in [0.5, 0.6) is 0 Å². The van der Waals surface area contributed by atoms with Crippen molar-refractivity contribution in [3.63, 3.8) is 0 Å². The molecule has 0 fully saturated rings. The van der Waals surface area contributed by atoms with Crippen LogP contribution in [0, 0.1) is 19.7 Å². The molecular formula is C18H16FNO. The van der Waals surface area contributed by atoms with Crippen molar-refractivity contribution in [2.45, 2.75) is 20.4 Å². The Balaban J connectivity index is 2.17. The first-order valence-electron chi connectivity index (χ1n) is 6.90. The predicted molar refractivity (Wildman–Crippen MR) is 83.2 cm³/mol. The molecule has 3 rings (SSSR count). The lowest BCUT2D eigenvalue weighted by atomic mass is 10.1. The third-order valence-electron chi connectivity index (χ3n) is 3.73. The average molecular weight is 281 g/mol. The molecule has 21 heavy (non-hydrogen) atoms. The first kappa shape index (κ1) is 13.6. The van der Waals surface area contributed by atoms with Crippen molar-refractivity contribution in [2.24, 2.45) is 0 Å². The van der Waals surface area contributed by atoms with E-state index in [-0.39, 0.29) is 11.4 Å². The summed E-state index contributed by atoms with van der Waals surface area (Å²) >= 11 is 0. The quantitative estimate of drug-likeness (QED) is 0.700. The van der Waals surface area contributed by atoms with Gasteiger partial charge in [0.1, 0.15) is 5.82 Å². The number of pyridine rings is 1. The highest BCUT2D eigenvalue weighted by molar-refractivity contribution is 5.83. The molecule has 2 aromatic carbocycles. The summed E-state index contributed by atoms with van der Waals surface area (Å²) in [6, 6.07) is 14.0. The van der Waals surface area contributed by atoms with Crippen molar-refractivity contribution >= 4 is 10.9 Å². The van der Waals surface area contributed by atoms with Gasteiger partial charge in [0.15, 0.2) is 0 Å². The topological polar surface area (TPSA) is 22.0 Å². The smallest absolute Gasteiger partial charge is 0.251 e. The Hall–Kier alpha value is -2.42. The second-order valence-electron chi connectivity index (χ2n) is 5.40. The molecule has 3 heteroatoms. The largest absolute Gasteiger partial charge is 0.304 e. The van der Waals surface area contributed by atoms with Gasteiger partial charge in [-0.05, 0) is 49.2 Å². The highest BCUT2D eigenvalue weighted by Crippen LogP contribution is 2.19. The molecule has 0 unspecified atom stereocenters. The maximum atomic E-state index is 13.0. The van der Waals surface area contributed by atoms with Crippen molar-refractivity contribution in [3.05, 3.63) is 81.4 Å². The maximum absolute atomic E-state index is 13.0. The van der Waals surface area contributed by atoms with Gasteiger partial charge < -0.3 is 4.57 Å². The predicted octanol–water partition coefficient (Wildman–Crippen LogP) is 3.81. The van der Waals surface area contributed by atoms with Crippen LogP contribution in [0.2, 0.25) is 0 Å². The minimum absolute atomic E-state index is 0.0341. The first-order valence-corrected chi connectivity index (χ1v) is 6.90. The number of fused-ring (bicyclic) bond motifs is 1. The standard InChI is InChI=1S/C18H16FNO/c1-12-3-8-17-16(9-12)13(2)10-18(21)20(17)11-14-4-6-15(19)7-5-14/h3-10H,11H2,1-2H3. The van der Waals surface area contributed by atoms with E-state index in [2.05, 4.69) is 6.07 Å². The minimum Gasteiger partial charge on any atom is -0.304 e. The van der Waals surface area contributed by atoms with E-state index in [1.807, 2.05) is 26.0 Å². The van der Waals surface area contributed by atoms with Gasteiger partial charge in [0.2, 0.25) is 0 Å². The lowest BCUT2D eigenvalue weighted by molar-refractivity contribution is 0.626. The van der Waals surface area contributed by atoms with Crippen LogP contribution in [0.4, 0.5) is 4.39 Å². The molecule has 2 nitrogen and oxygen atoms in total. The van der Waals surface area contributed by atoms with Crippen LogP contribution in [0.1, 0.15) is 16.7 Å². The number of rotatable bonds is 2. The highest BCUT2D eigenvalue weighted by atomic mass is 19.1. The van der Waals surface area contributed by atoms with E-state index in [0.29, 0.717) is 6.54 Å². The van der Waals surface area contributed by atoms with Gasteiger partial charge in [0.25, 0.3) is 5.56 Å². The number of benzene rings is 2. The van der Waals surface area contributed by atoms with Gasteiger partial charge >= 0.3 is 0 Å². The zero-order valence-electron chi connectivity index (χ0n) is 12.1. The monoisotopic (exact) mass is 281 g/mol. The molecule has 0 aliphatic rings. The molecule has 0 N–H and O–H groups in total. The molecule has 0 aliphatic carbocycles. The molecule has 0 radical (unpaired) electrons. The zero-order chi connectivity index (χ0) is 15.0. The van der Waals surface area contributed by atoms with Crippen LogP contribution in [0.15, 0.2) is 53.3 Å². The molecule has 0 saturated heterocycles. The molecule has 0 aliphatic heterocycles. The summed E-state index contributed by atoms with van der Waals surface area (Å²) in [6.45, 7) is 4.43. The van der Waals surface area contributed by atoms with Crippen molar-refractivity contribution in [3.8, 4) is 0 Å². The van der Waals surface area contributed by atoms with Crippen LogP contribution < -0.4 is 5.56 Å². The molecule has 0 amide bonds. The Morgan fingerprint density at radius 1 is 1.00 bits per heavy atom. The Morgan fingerprint density at radius 2 is 1.71 bits per heavy atom. The molecule has 106 valence electrons. The molecule has 1 heterocycles. The highest BCUT2D eigenvalue weighted by Gasteiger charge is 2.07. The molecule has 0 bridgehead atoms. The van der Waals surface area contributed by atoms with E-state index in [9.17, 15) is 9.18 Å². The Bertz CT molecular complexity index is 863. The van der Waals surface area contributed by atoms with Crippen LogP contribution in [-0.2, 0) is 6.54 Å². The normalized spacial score (nSPS) is 11.0. The summed E-state index contributed by atoms with van der Waals surface area (Å²) in [5.74, 6) is -0.268. The van der Waals surface area contributed by atoms with Crippen LogP contribution >= 0.6 is 0 Å². The van der Waals surface area contributed by atoms with Gasteiger partial charge in [0, 0.05) is 11.5 Å². The number of hydrogen-bond acceptors (Lipinski definition) is 1. The fraction of sp³-hybridized carbons (Fsp3) is 0.167. The summed E-state index contributed by atoms with van der Waals surface area (Å²) in [5, 5.41) is 1.08. The third kappa shape index (κ3) is 2.59. The number of aryl methyl sites for hydroxylation is 2. The fourth-order valence-electron chi connectivity index (χ4n) is 2.60. The van der Waals surface area contributed by atoms with Crippen LogP contribution in [0.3, 0.4) is 0 Å². The molecular weight excluding hydrogens is 265 g/mol. The summed E-state index contributed by atoms with van der Waals surface area (Å²) < 4.78 is 14.7. The van der Waals surface area contributed by atoms with Gasteiger partial charge in [-0.1, -0.05) is 23.8 Å². The van der Waals surface area contributed by atoms with Gasteiger partial charge in [-0.3, -0.25) is 4.79 Å². The molecule has 0 saturated carbocycles. The summed E-state index contributed by atoms with van der Waals surface area (Å²) in [4.78, 5) is 12.3. The number of hydrogen-bond donors (Lipinski definition) is 0. The van der Waals surface area contributed by atoms with E-state index in [4.69, 9.17) is 0 Å². The molecule has 1 aromatic heterocycles. The second kappa shape index (κ2) is 5.17.